The highest BCUT2D eigenvalue weighted by atomic mass is 16.4. The summed E-state index contributed by atoms with van der Waals surface area (Å²) in [5.41, 5.74) is 0. The molecule has 90 valence electrons. The van der Waals surface area contributed by atoms with Crippen LogP contribution < -0.4 is 5.32 Å². The normalized spacial score (nSPS) is 26.2. The van der Waals surface area contributed by atoms with Crippen molar-refractivity contribution >= 4 is 11.9 Å². The van der Waals surface area contributed by atoms with E-state index >= 15 is 0 Å². The number of nitrogens with zero attached hydrogens (tertiary/aromatic N) is 1. The smallest absolute Gasteiger partial charge is 0.310 e. The first-order chi connectivity index (χ1) is 7.66. The molecule has 2 aliphatic rings. The van der Waals surface area contributed by atoms with Crippen LogP contribution in [0.1, 0.15) is 19.3 Å². The number of carbonyl (C=O) groups excluding carboxylic acids is 1. The van der Waals surface area contributed by atoms with E-state index in [4.69, 9.17) is 5.11 Å². The quantitative estimate of drug-likeness (QED) is 0.706. The van der Waals surface area contributed by atoms with Crippen LogP contribution in [0.5, 0.6) is 0 Å². The molecule has 5 nitrogen and oxygen atoms in total. The van der Waals surface area contributed by atoms with Gasteiger partial charge in [-0.05, 0) is 31.8 Å². The number of nitrogens with one attached hydrogen (secondary N) is 1. The molecule has 2 heterocycles. The molecule has 0 radical (unpaired) electrons. The number of hydrogen-bond donors (Lipinski definition) is 2. The number of carboxylic acids is 1. The lowest BCUT2D eigenvalue weighted by molar-refractivity contribution is -0.153. The molecule has 0 aromatic heterocycles. The molecule has 16 heavy (non-hydrogen) atoms. The van der Waals surface area contributed by atoms with Gasteiger partial charge in [0.05, 0.1) is 5.92 Å². The Morgan fingerprint density at radius 2 is 2.12 bits per heavy atom. The second-order valence-corrected chi connectivity index (χ2v) is 4.75. The molecule has 2 fully saturated rings. The molecule has 5 heteroatoms. The van der Waals surface area contributed by atoms with Gasteiger partial charge in [0.2, 0.25) is 5.91 Å². The fourth-order valence-corrected chi connectivity index (χ4v) is 2.31. The minimum atomic E-state index is -0.789. The van der Waals surface area contributed by atoms with E-state index < -0.39 is 5.97 Å². The van der Waals surface area contributed by atoms with E-state index in [-0.39, 0.29) is 11.8 Å². The third kappa shape index (κ3) is 2.52. The van der Waals surface area contributed by atoms with Gasteiger partial charge < -0.3 is 15.3 Å². The largest absolute Gasteiger partial charge is 0.481 e. The molecule has 0 bridgehead atoms. The van der Waals surface area contributed by atoms with Crippen molar-refractivity contribution in [3.05, 3.63) is 0 Å². The second kappa shape index (κ2) is 4.82. The molecule has 1 atom stereocenters. The third-order valence-corrected chi connectivity index (χ3v) is 3.45. The fraction of sp³-hybridized carbons (Fsp3) is 0.818. The van der Waals surface area contributed by atoms with Gasteiger partial charge in [-0.15, -0.1) is 0 Å². The van der Waals surface area contributed by atoms with E-state index in [0.717, 1.165) is 25.9 Å². The van der Waals surface area contributed by atoms with Crippen LogP contribution in [-0.2, 0) is 9.59 Å². The third-order valence-electron chi connectivity index (χ3n) is 3.45. The van der Waals surface area contributed by atoms with Gasteiger partial charge in [0.25, 0.3) is 0 Å². The fourth-order valence-electron chi connectivity index (χ4n) is 2.31. The lowest BCUT2D eigenvalue weighted by atomic mass is 9.93. The summed E-state index contributed by atoms with van der Waals surface area (Å²) in [7, 11) is 0. The van der Waals surface area contributed by atoms with E-state index in [2.05, 4.69) is 5.32 Å². The number of hydrogen-bond acceptors (Lipinski definition) is 3. The van der Waals surface area contributed by atoms with Gasteiger partial charge in [-0.1, -0.05) is 0 Å². The summed E-state index contributed by atoms with van der Waals surface area (Å²) in [4.78, 5) is 24.0. The van der Waals surface area contributed by atoms with E-state index in [1.165, 1.54) is 0 Å². The second-order valence-electron chi connectivity index (χ2n) is 4.75. The Balaban J connectivity index is 1.71. The van der Waals surface area contributed by atoms with Crippen molar-refractivity contribution in [2.75, 3.05) is 26.2 Å². The molecule has 0 saturated carbocycles. The Bertz CT molecular complexity index is 281. The topological polar surface area (TPSA) is 69.6 Å². The minimum Gasteiger partial charge on any atom is -0.481 e. The van der Waals surface area contributed by atoms with Crippen LogP contribution in [0.3, 0.4) is 0 Å². The lowest BCUT2D eigenvalue weighted by Gasteiger charge is -2.37. The first-order valence-corrected chi connectivity index (χ1v) is 5.88. The summed E-state index contributed by atoms with van der Waals surface area (Å²) < 4.78 is 0. The maximum Gasteiger partial charge on any atom is 0.310 e. The predicted octanol–water partition coefficient (Wildman–Crippen LogP) is -0.0809. The maximum atomic E-state index is 11.8. The van der Waals surface area contributed by atoms with Crippen LogP contribution in [0.25, 0.3) is 0 Å². The number of amides is 1. The van der Waals surface area contributed by atoms with Gasteiger partial charge in [0.1, 0.15) is 0 Å². The molecule has 1 amide bonds. The molecule has 0 aromatic rings. The van der Waals surface area contributed by atoms with Gasteiger partial charge in [-0.25, -0.2) is 0 Å². The molecule has 2 aliphatic heterocycles. The summed E-state index contributed by atoms with van der Waals surface area (Å²) in [6.07, 6.45) is 2.81. The Kier molecular flexibility index (Phi) is 3.43. The SMILES string of the molecule is O=C(O)C1CN(C(=O)CC2CCCNC2)C1. The number of aliphatic carboxylic acids is 1. The summed E-state index contributed by atoms with van der Waals surface area (Å²) in [6, 6.07) is 0. The van der Waals surface area contributed by atoms with Crippen LogP contribution in [0.4, 0.5) is 0 Å². The number of carboxylic acid groups (broad SMARTS) is 1. The lowest BCUT2D eigenvalue weighted by Crippen LogP contribution is -2.53. The van der Waals surface area contributed by atoms with Crippen LogP contribution in [0.2, 0.25) is 0 Å². The molecule has 0 spiro atoms. The van der Waals surface area contributed by atoms with E-state index in [9.17, 15) is 9.59 Å². The van der Waals surface area contributed by atoms with E-state index in [1.54, 1.807) is 4.90 Å². The Morgan fingerprint density at radius 3 is 2.69 bits per heavy atom. The number of rotatable bonds is 3. The summed E-state index contributed by atoms with van der Waals surface area (Å²) in [5, 5.41) is 12.0. The average molecular weight is 226 g/mol. The van der Waals surface area contributed by atoms with Crippen LogP contribution in [0.15, 0.2) is 0 Å². The van der Waals surface area contributed by atoms with Crippen molar-refractivity contribution in [2.45, 2.75) is 19.3 Å². The number of likely N-dealkylation sites (tertiary alicyclic amines) is 1. The van der Waals surface area contributed by atoms with Crippen molar-refractivity contribution in [2.24, 2.45) is 11.8 Å². The summed E-state index contributed by atoms with van der Waals surface area (Å²) >= 11 is 0. The van der Waals surface area contributed by atoms with Gasteiger partial charge in [-0.2, -0.15) is 0 Å². The monoisotopic (exact) mass is 226 g/mol. The Hall–Kier alpha value is -1.10. The molecule has 2 rings (SSSR count). The predicted molar refractivity (Wildman–Crippen MR) is 57.9 cm³/mol. The van der Waals surface area contributed by atoms with Crippen molar-refractivity contribution < 1.29 is 14.7 Å². The van der Waals surface area contributed by atoms with Crippen LogP contribution >= 0.6 is 0 Å². The molecular formula is C11H18N2O3. The Labute approximate surface area is 94.8 Å². The molecular weight excluding hydrogens is 208 g/mol. The highest BCUT2D eigenvalue weighted by molar-refractivity contribution is 5.81. The first-order valence-electron chi connectivity index (χ1n) is 5.88. The number of carbonyl (C=O) groups is 2. The zero-order chi connectivity index (χ0) is 11.5. The first kappa shape index (κ1) is 11.4. The van der Waals surface area contributed by atoms with E-state index in [1.807, 2.05) is 0 Å². The zero-order valence-electron chi connectivity index (χ0n) is 9.32. The maximum absolute atomic E-state index is 11.8. The van der Waals surface area contributed by atoms with Crippen LogP contribution in [-0.4, -0.2) is 48.1 Å². The van der Waals surface area contributed by atoms with Gasteiger partial charge in [0.15, 0.2) is 0 Å². The minimum absolute atomic E-state index is 0.117. The van der Waals surface area contributed by atoms with Gasteiger partial charge in [-0.3, -0.25) is 9.59 Å². The number of piperidine rings is 1. The van der Waals surface area contributed by atoms with Crippen molar-refractivity contribution in [1.82, 2.24) is 10.2 Å². The van der Waals surface area contributed by atoms with Crippen molar-refractivity contribution in [1.29, 1.82) is 0 Å². The standard InChI is InChI=1S/C11H18N2O3/c14-10(4-8-2-1-3-12-5-8)13-6-9(7-13)11(15)16/h8-9,12H,1-7H2,(H,15,16). The molecule has 1 unspecified atom stereocenters. The molecule has 0 aromatic carbocycles. The Morgan fingerprint density at radius 1 is 1.38 bits per heavy atom. The molecule has 0 aliphatic carbocycles. The van der Waals surface area contributed by atoms with Crippen molar-refractivity contribution in [3.63, 3.8) is 0 Å². The van der Waals surface area contributed by atoms with Crippen molar-refractivity contribution in [3.8, 4) is 0 Å². The molecule has 2 N–H and O–H groups in total. The van der Waals surface area contributed by atoms with Gasteiger partial charge in [0, 0.05) is 19.5 Å². The van der Waals surface area contributed by atoms with Gasteiger partial charge >= 0.3 is 5.97 Å². The zero-order valence-corrected chi connectivity index (χ0v) is 9.32. The molecule has 2 saturated heterocycles. The highest BCUT2D eigenvalue weighted by Gasteiger charge is 2.36. The summed E-state index contributed by atoms with van der Waals surface area (Å²) in [6.45, 7) is 2.76. The van der Waals surface area contributed by atoms with Crippen LogP contribution in [0, 0.1) is 11.8 Å². The summed E-state index contributed by atoms with van der Waals surface area (Å²) in [5.74, 6) is -0.576. The van der Waals surface area contributed by atoms with E-state index in [0.29, 0.717) is 25.4 Å². The average Bonchev–Trinajstić information content (AvgIpc) is 2.15. The highest BCUT2D eigenvalue weighted by Crippen LogP contribution is 2.21.